The van der Waals surface area contributed by atoms with Gasteiger partial charge in [0.15, 0.2) is 0 Å². The zero-order valence-corrected chi connectivity index (χ0v) is 13.6. The first kappa shape index (κ1) is 14.5. The van der Waals surface area contributed by atoms with Gasteiger partial charge in [0.1, 0.15) is 16.6 Å². The van der Waals surface area contributed by atoms with Crippen molar-refractivity contribution in [3.8, 4) is 10.6 Å². The Labute approximate surface area is 141 Å². The molecule has 4 rings (SSSR count). The second-order valence-corrected chi connectivity index (χ2v) is 6.39. The third-order valence-electron chi connectivity index (χ3n) is 3.44. The number of aryl methyl sites for hydroxylation is 1. The lowest BCUT2D eigenvalue weighted by Crippen LogP contribution is -2.08. The summed E-state index contributed by atoms with van der Waals surface area (Å²) in [7, 11) is 0. The molecule has 4 aromatic rings. The van der Waals surface area contributed by atoms with Gasteiger partial charge in [0.25, 0.3) is 0 Å². The van der Waals surface area contributed by atoms with Crippen molar-refractivity contribution >= 4 is 33.2 Å². The minimum Gasteiger partial charge on any atom is -0.326 e. The molecule has 0 aromatic carbocycles. The summed E-state index contributed by atoms with van der Waals surface area (Å²) in [5.41, 5.74) is 2.57. The van der Waals surface area contributed by atoms with Gasteiger partial charge in [-0.3, -0.25) is 9.78 Å². The summed E-state index contributed by atoms with van der Waals surface area (Å²) in [6.45, 7) is 1.87. The van der Waals surface area contributed by atoms with Crippen LogP contribution >= 0.6 is 11.3 Å². The number of nitrogens with one attached hydrogen (secondary N) is 2. The van der Waals surface area contributed by atoms with Gasteiger partial charge >= 0.3 is 0 Å². The molecule has 2 N–H and O–H groups in total. The second-order valence-electron chi connectivity index (χ2n) is 5.36. The van der Waals surface area contributed by atoms with E-state index in [0.717, 1.165) is 26.4 Å². The summed E-state index contributed by atoms with van der Waals surface area (Å²) >= 11 is 1.57. The average molecular weight is 335 g/mol. The minimum atomic E-state index is -0.147. The van der Waals surface area contributed by atoms with Crippen LogP contribution in [0.5, 0.6) is 0 Å². The van der Waals surface area contributed by atoms with Crippen molar-refractivity contribution in [3.05, 3.63) is 64.8 Å². The Hall–Kier alpha value is -3.06. The first-order valence-corrected chi connectivity index (χ1v) is 8.14. The van der Waals surface area contributed by atoms with E-state index in [9.17, 15) is 4.79 Å². The molecule has 7 heteroatoms. The highest BCUT2D eigenvalue weighted by Crippen LogP contribution is 2.30. The van der Waals surface area contributed by atoms with Crippen molar-refractivity contribution in [1.82, 2.24) is 19.9 Å². The lowest BCUT2D eigenvalue weighted by molar-refractivity contribution is 1.19. The van der Waals surface area contributed by atoms with Gasteiger partial charge in [0.2, 0.25) is 5.56 Å². The van der Waals surface area contributed by atoms with Gasteiger partial charge in [0, 0.05) is 36.3 Å². The number of hydrogen-bond donors (Lipinski definition) is 2. The van der Waals surface area contributed by atoms with E-state index in [1.54, 1.807) is 36.0 Å². The Morgan fingerprint density at radius 1 is 1.21 bits per heavy atom. The molecule has 0 aliphatic heterocycles. The Kier molecular flexibility index (Phi) is 3.55. The summed E-state index contributed by atoms with van der Waals surface area (Å²) in [6, 6.07) is 9.14. The SMILES string of the molecule is Cc1cc(Nc2cc3nc(-c4cccnc4)sc3cn2)[nH]c(=O)c1. The number of aromatic amines is 1. The van der Waals surface area contributed by atoms with E-state index in [0.29, 0.717) is 11.6 Å². The van der Waals surface area contributed by atoms with Crippen LogP contribution in [-0.4, -0.2) is 19.9 Å². The number of rotatable bonds is 3. The summed E-state index contributed by atoms with van der Waals surface area (Å²) in [6.07, 6.45) is 5.31. The summed E-state index contributed by atoms with van der Waals surface area (Å²) in [4.78, 5) is 27.4. The maximum Gasteiger partial charge on any atom is 0.249 e. The molecule has 24 heavy (non-hydrogen) atoms. The fourth-order valence-electron chi connectivity index (χ4n) is 2.40. The molecule has 4 heterocycles. The van der Waals surface area contributed by atoms with Gasteiger partial charge in [0.05, 0.1) is 10.2 Å². The molecule has 0 amide bonds. The molecule has 0 saturated heterocycles. The van der Waals surface area contributed by atoms with Crippen LogP contribution in [0, 0.1) is 6.92 Å². The Morgan fingerprint density at radius 3 is 2.92 bits per heavy atom. The van der Waals surface area contributed by atoms with Gasteiger partial charge in [-0.25, -0.2) is 9.97 Å². The van der Waals surface area contributed by atoms with E-state index >= 15 is 0 Å². The zero-order chi connectivity index (χ0) is 16.5. The van der Waals surface area contributed by atoms with Crippen molar-refractivity contribution in [3.63, 3.8) is 0 Å². The molecule has 6 nitrogen and oxygen atoms in total. The lowest BCUT2D eigenvalue weighted by atomic mass is 10.3. The average Bonchev–Trinajstić information content (AvgIpc) is 2.98. The minimum absolute atomic E-state index is 0.147. The highest BCUT2D eigenvalue weighted by molar-refractivity contribution is 7.21. The number of pyridine rings is 3. The van der Waals surface area contributed by atoms with Crippen LogP contribution < -0.4 is 10.9 Å². The van der Waals surface area contributed by atoms with Crippen LogP contribution in [0.15, 0.2) is 53.7 Å². The van der Waals surface area contributed by atoms with Crippen LogP contribution in [-0.2, 0) is 0 Å². The van der Waals surface area contributed by atoms with Crippen LogP contribution in [0.3, 0.4) is 0 Å². The quantitative estimate of drug-likeness (QED) is 0.599. The number of fused-ring (bicyclic) bond motifs is 1. The van der Waals surface area contributed by atoms with E-state index in [2.05, 4.69) is 25.3 Å². The Bertz CT molecular complexity index is 1070. The predicted octanol–water partition coefficient (Wildman–Crippen LogP) is 3.49. The standard InChI is InChI=1S/C17H13N5OS/c1-10-5-15(22-16(23)6-10)21-14-7-12-13(9-19-14)24-17(20-12)11-3-2-4-18-8-11/h2-9H,1H3,(H2,19,21,22,23). The fraction of sp³-hybridized carbons (Fsp3) is 0.0588. The van der Waals surface area contributed by atoms with Crippen LogP contribution in [0.25, 0.3) is 20.8 Å². The maximum absolute atomic E-state index is 11.5. The topological polar surface area (TPSA) is 83.6 Å². The third kappa shape index (κ3) is 2.89. The molecule has 0 bridgehead atoms. The number of nitrogens with zero attached hydrogens (tertiary/aromatic N) is 3. The number of hydrogen-bond acceptors (Lipinski definition) is 6. The normalized spacial score (nSPS) is 10.9. The molecular formula is C17H13N5OS. The molecule has 0 unspecified atom stereocenters. The van der Waals surface area contributed by atoms with E-state index in [1.807, 2.05) is 31.2 Å². The highest BCUT2D eigenvalue weighted by atomic mass is 32.1. The van der Waals surface area contributed by atoms with Crippen molar-refractivity contribution in [2.24, 2.45) is 0 Å². The van der Waals surface area contributed by atoms with Crippen molar-refractivity contribution in [2.45, 2.75) is 6.92 Å². The van der Waals surface area contributed by atoms with E-state index in [-0.39, 0.29) is 5.56 Å². The second kappa shape index (κ2) is 5.86. The first-order valence-electron chi connectivity index (χ1n) is 7.32. The molecule has 0 aliphatic carbocycles. The molecule has 0 aliphatic rings. The molecule has 0 saturated carbocycles. The predicted molar refractivity (Wildman–Crippen MR) is 95.7 cm³/mol. The molecular weight excluding hydrogens is 322 g/mol. The van der Waals surface area contributed by atoms with Gasteiger partial charge in [-0.2, -0.15) is 0 Å². The van der Waals surface area contributed by atoms with Crippen LogP contribution in [0.4, 0.5) is 11.6 Å². The van der Waals surface area contributed by atoms with Crippen LogP contribution in [0.1, 0.15) is 5.56 Å². The van der Waals surface area contributed by atoms with Crippen LogP contribution in [0.2, 0.25) is 0 Å². The molecule has 0 fully saturated rings. The maximum atomic E-state index is 11.5. The summed E-state index contributed by atoms with van der Waals surface area (Å²) in [5.74, 6) is 1.24. The summed E-state index contributed by atoms with van der Waals surface area (Å²) < 4.78 is 0.997. The lowest BCUT2D eigenvalue weighted by Gasteiger charge is -2.05. The number of H-pyrrole nitrogens is 1. The van der Waals surface area contributed by atoms with Gasteiger partial charge in [-0.1, -0.05) is 0 Å². The van der Waals surface area contributed by atoms with Crippen molar-refractivity contribution in [2.75, 3.05) is 5.32 Å². The van der Waals surface area contributed by atoms with E-state index in [4.69, 9.17) is 0 Å². The number of aromatic nitrogens is 4. The molecule has 0 atom stereocenters. The van der Waals surface area contributed by atoms with E-state index < -0.39 is 0 Å². The van der Waals surface area contributed by atoms with Crippen molar-refractivity contribution in [1.29, 1.82) is 0 Å². The Balaban J connectivity index is 1.69. The first-order chi connectivity index (χ1) is 11.7. The fourth-order valence-corrected chi connectivity index (χ4v) is 3.31. The largest absolute Gasteiger partial charge is 0.326 e. The summed E-state index contributed by atoms with van der Waals surface area (Å²) in [5, 5.41) is 4.02. The van der Waals surface area contributed by atoms with Crippen molar-refractivity contribution < 1.29 is 0 Å². The Morgan fingerprint density at radius 2 is 2.12 bits per heavy atom. The molecule has 0 spiro atoms. The highest BCUT2D eigenvalue weighted by Gasteiger charge is 2.08. The molecule has 4 aromatic heterocycles. The smallest absolute Gasteiger partial charge is 0.249 e. The van der Waals surface area contributed by atoms with Gasteiger partial charge in [-0.05, 0) is 30.7 Å². The third-order valence-corrected chi connectivity index (χ3v) is 4.49. The van der Waals surface area contributed by atoms with E-state index in [1.165, 1.54) is 0 Å². The van der Waals surface area contributed by atoms with Gasteiger partial charge < -0.3 is 10.3 Å². The number of thiazole rings is 1. The number of anilines is 2. The molecule has 0 radical (unpaired) electrons. The zero-order valence-electron chi connectivity index (χ0n) is 12.8. The molecule has 118 valence electrons. The van der Waals surface area contributed by atoms with Gasteiger partial charge in [-0.15, -0.1) is 11.3 Å². The monoisotopic (exact) mass is 335 g/mol.